The largest absolute Gasteiger partial charge is 0.394 e. The number of hydrogen-bond donors (Lipinski definition) is 3. The van der Waals surface area contributed by atoms with Gasteiger partial charge in [-0.15, -0.1) is 0 Å². The van der Waals surface area contributed by atoms with Crippen molar-refractivity contribution in [2.75, 3.05) is 13.2 Å². The van der Waals surface area contributed by atoms with E-state index in [-0.39, 0.29) is 6.61 Å². The van der Waals surface area contributed by atoms with Crippen molar-refractivity contribution in [1.82, 2.24) is 0 Å². The molecule has 3 N–H and O–H groups in total. The summed E-state index contributed by atoms with van der Waals surface area (Å²) in [6, 6.07) is 9.71. The van der Waals surface area contributed by atoms with Crippen molar-refractivity contribution in [2.24, 2.45) is 0 Å². The highest BCUT2D eigenvalue weighted by molar-refractivity contribution is 5.13. The quantitative estimate of drug-likeness (QED) is 0.677. The van der Waals surface area contributed by atoms with E-state index in [1.807, 2.05) is 30.3 Å². The Morgan fingerprint density at radius 1 is 1.18 bits per heavy atom. The molecule has 6 heteroatoms. The normalized spacial score (nSPS) is 26.8. The third kappa shape index (κ3) is 4.49. The topological polar surface area (TPSA) is 88.4 Å². The first-order valence-electron chi connectivity index (χ1n) is 7.37. The van der Waals surface area contributed by atoms with Gasteiger partial charge < -0.3 is 29.5 Å². The van der Waals surface area contributed by atoms with Crippen molar-refractivity contribution < 1.29 is 29.5 Å². The van der Waals surface area contributed by atoms with Crippen LogP contribution in [-0.2, 0) is 20.8 Å². The fraction of sp³-hybridized carbons (Fsp3) is 0.625. The molecule has 1 aliphatic rings. The Hall–Kier alpha value is -1.02. The van der Waals surface area contributed by atoms with Crippen LogP contribution in [0.15, 0.2) is 30.3 Å². The molecule has 1 heterocycles. The van der Waals surface area contributed by atoms with E-state index in [9.17, 15) is 10.2 Å². The van der Waals surface area contributed by atoms with Gasteiger partial charge in [-0.05, 0) is 19.4 Å². The Bertz CT molecular complexity index is 449. The van der Waals surface area contributed by atoms with Gasteiger partial charge in [-0.2, -0.15) is 0 Å². The fourth-order valence-electron chi connectivity index (χ4n) is 2.48. The average Bonchev–Trinajstić information content (AvgIpc) is 2.81. The molecular weight excluding hydrogens is 288 g/mol. The Morgan fingerprint density at radius 2 is 1.86 bits per heavy atom. The lowest BCUT2D eigenvalue weighted by Crippen LogP contribution is -2.46. The zero-order valence-corrected chi connectivity index (χ0v) is 12.9. The number of benzene rings is 1. The molecule has 2 rings (SSSR count). The highest BCUT2D eigenvalue weighted by Gasteiger charge is 2.46. The minimum absolute atomic E-state index is 0.220. The van der Waals surface area contributed by atoms with Crippen molar-refractivity contribution in [2.45, 2.75) is 50.7 Å². The molecule has 0 saturated carbocycles. The Kier molecular flexibility index (Phi) is 5.91. The molecule has 6 nitrogen and oxygen atoms in total. The Morgan fingerprint density at radius 3 is 2.50 bits per heavy atom. The Balaban J connectivity index is 1.92. The van der Waals surface area contributed by atoms with Gasteiger partial charge in [-0.3, -0.25) is 0 Å². The van der Waals surface area contributed by atoms with Gasteiger partial charge in [0, 0.05) is 0 Å². The predicted molar refractivity (Wildman–Crippen MR) is 79.0 cm³/mol. The Labute approximate surface area is 130 Å². The summed E-state index contributed by atoms with van der Waals surface area (Å²) < 4.78 is 17.0. The fourth-order valence-corrected chi connectivity index (χ4v) is 2.48. The molecule has 0 spiro atoms. The van der Waals surface area contributed by atoms with Crippen molar-refractivity contribution in [3.8, 4) is 0 Å². The molecule has 0 aromatic heterocycles. The maximum atomic E-state index is 10.1. The summed E-state index contributed by atoms with van der Waals surface area (Å²) in [6.45, 7) is 3.56. The van der Waals surface area contributed by atoms with E-state index < -0.39 is 36.8 Å². The molecule has 0 aliphatic carbocycles. The van der Waals surface area contributed by atoms with Gasteiger partial charge in [0.2, 0.25) is 0 Å². The third-order valence-electron chi connectivity index (χ3n) is 3.53. The highest BCUT2D eigenvalue weighted by Crippen LogP contribution is 2.31. The van der Waals surface area contributed by atoms with Crippen LogP contribution in [0.2, 0.25) is 0 Å². The molecule has 1 aromatic carbocycles. The lowest BCUT2D eigenvalue weighted by molar-refractivity contribution is -0.165. The molecule has 1 aliphatic heterocycles. The predicted octanol–water partition coefficient (Wildman–Crippen LogP) is 0.437. The zero-order chi connectivity index (χ0) is 16.2. The van der Waals surface area contributed by atoms with Crippen LogP contribution in [0.4, 0.5) is 0 Å². The molecule has 0 bridgehead atoms. The van der Waals surface area contributed by atoms with Crippen LogP contribution in [-0.4, -0.2) is 58.7 Å². The van der Waals surface area contributed by atoms with E-state index >= 15 is 0 Å². The molecule has 22 heavy (non-hydrogen) atoms. The summed E-state index contributed by atoms with van der Waals surface area (Å²) in [5.74, 6) is -0.873. The van der Waals surface area contributed by atoms with E-state index in [1.54, 1.807) is 13.8 Å². The number of hydrogen-bond acceptors (Lipinski definition) is 6. The number of ether oxygens (including phenoxy) is 3. The number of rotatable bonds is 7. The first-order valence-corrected chi connectivity index (χ1v) is 7.37. The van der Waals surface area contributed by atoms with Gasteiger partial charge in [0.15, 0.2) is 5.79 Å². The van der Waals surface area contributed by atoms with Gasteiger partial charge in [0.1, 0.15) is 24.4 Å². The SMILES string of the molecule is CC1(C)O[C@@H]([C@@H](O)[C@H](O)CO)[C@H](COCc2ccccc2)O1. The van der Waals surface area contributed by atoms with Crippen LogP contribution in [0.3, 0.4) is 0 Å². The monoisotopic (exact) mass is 312 g/mol. The third-order valence-corrected chi connectivity index (χ3v) is 3.53. The average molecular weight is 312 g/mol. The van der Waals surface area contributed by atoms with Crippen LogP contribution in [0.1, 0.15) is 19.4 Å². The lowest BCUT2D eigenvalue weighted by Gasteiger charge is -2.25. The van der Waals surface area contributed by atoms with Crippen LogP contribution in [0.5, 0.6) is 0 Å². The maximum absolute atomic E-state index is 10.1. The van der Waals surface area contributed by atoms with Gasteiger partial charge in [-0.1, -0.05) is 30.3 Å². The second-order valence-corrected chi connectivity index (χ2v) is 5.88. The molecule has 0 amide bonds. The maximum Gasteiger partial charge on any atom is 0.164 e. The first-order chi connectivity index (χ1) is 10.4. The smallest absolute Gasteiger partial charge is 0.164 e. The summed E-state index contributed by atoms with van der Waals surface area (Å²) >= 11 is 0. The van der Waals surface area contributed by atoms with Gasteiger partial charge in [0.05, 0.1) is 19.8 Å². The van der Waals surface area contributed by atoms with Gasteiger partial charge in [0.25, 0.3) is 0 Å². The number of aliphatic hydroxyl groups excluding tert-OH is 3. The van der Waals surface area contributed by atoms with Crippen LogP contribution in [0, 0.1) is 0 Å². The highest BCUT2D eigenvalue weighted by atomic mass is 16.8. The minimum Gasteiger partial charge on any atom is -0.394 e. The van der Waals surface area contributed by atoms with E-state index in [0.29, 0.717) is 6.61 Å². The molecule has 0 radical (unpaired) electrons. The van der Waals surface area contributed by atoms with Crippen LogP contribution >= 0.6 is 0 Å². The second-order valence-electron chi connectivity index (χ2n) is 5.88. The molecular formula is C16H24O6. The molecule has 1 fully saturated rings. The summed E-state index contributed by atoms with van der Waals surface area (Å²) in [5.41, 5.74) is 1.04. The second kappa shape index (κ2) is 7.50. The van der Waals surface area contributed by atoms with E-state index in [0.717, 1.165) is 5.56 Å². The summed E-state index contributed by atoms with van der Waals surface area (Å²) in [4.78, 5) is 0. The van der Waals surface area contributed by atoms with Crippen molar-refractivity contribution >= 4 is 0 Å². The van der Waals surface area contributed by atoms with Crippen molar-refractivity contribution in [1.29, 1.82) is 0 Å². The van der Waals surface area contributed by atoms with Crippen molar-refractivity contribution in [3.63, 3.8) is 0 Å². The molecule has 124 valence electrons. The summed E-state index contributed by atoms with van der Waals surface area (Å²) in [5, 5.41) is 28.6. The van der Waals surface area contributed by atoms with Crippen molar-refractivity contribution in [3.05, 3.63) is 35.9 Å². The lowest BCUT2D eigenvalue weighted by atomic mass is 10.0. The standard InChI is InChI=1S/C16H24O6/c1-16(2)21-13(15(22-16)14(19)12(18)8-17)10-20-9-11-6-4-3-5-7-11/h3-7,12-15,17-19H,8-10H2,1-2H3/t12-,13+,14+,15-/m1/s1. The van der Waals surface area contributed by atoms with Gasteiger partial charge in [-0.25, -0.2) is 0 Å². The van der Waals surface area contributed by atoms with E-state index in [4.69, 9.17) is 19.3 Å². The summed E-state index contributed by atoms with van der Waals surface area (Å²) in [6.07, 6.45) is -3.79. The van der Waals surface area contributed by atoms with Crippen LogP contribution < -0.4 is 0 Å². The molecule has 1 saturated heterocycles. The van der Waals surface area contributed by atoms with E-state index in [1.165, 1.54) is 0 Å². The zero-order valence-electron chi connectivity index (χ0n) is 12.9. The minimum atomic E-state index is -1.28. The first kappa shape index (κ1) is 17.3. The number of aliphatic hydroxyl groups is 3. The van der Waals surface area contributed by atoms with E-state index in [2.05, 4.69) is 0 Å². The van der Waals surface area contributed by atoms with Crippen LogP contribution in [0.25, 0.3) is 0 Å². The summed E-state index contributed by atoms with van der Waals surface area (Å²) in [7, 11) is 0. The molecule has 4 atom stereocenters. The molecule has 0 unspecified atom stereocenters. The molecule has 1 aromatic rings. The van der Waals surface area contributed by atoms with Gasteiger partial charge >= 0.3 is 0 Å².